The summed E-state index contributed by atoms with van der Waals surface area (Å²) in [5.41, 5.74) is 0.692. The maximum Gasteiger partial charge on any atom is 0.239 e. The number of aromatic amines is 1. The molecule has 2 N–H and O–H groups in total. The van der Waals surface area contributed by atoms with Crippen LogP contribution in [0.5, 0.6) is 17.2 Å². The van der Waals surface area contributed by atoms with Crippen LogP contribution in [0, 0.1) is 0 Å². The van der Waals surface area contributed by atoms with E-state index >= 15 is 0 Å². The third-order valence-corrected chi connectivity index (χ3v) is 5.71. The third kappa shape index (κ3) is 6.08. The van der Waals surface area contributed by atoms with E-state index in [2.05, 4.69) is 10.3 Å². The molecule has 1 aromatic carbocycles. The van der Waals surface area contributed by atoms with Crippen LogP contribution < -0.4 is 25.0 Å². The number of rotatable bonds is 10. The minimum absolute atomic E-state index is 0.0455. The molecule has 0 bridgehead atoms. The predicted molar refractivity (Wildman–Crippen MR) is 112 cm³/mol. The molecule has 2 atom stereocenters. The average molecular weight is 423 g/mol. The molecule has 1 amide bonds. The highest BCUT2D eigenvalue weighted by molar-refractivity contribution is 7.85. The molecule has 0 aliphatic heterocycles. The number of carbonyl (C=O) groups excluding carboxylic acids is 1. The van der Waals surface area contributed by atoms with Crippen molar-refractivity contribution in [1.29, 1.82) is 0 Å². The molecule has 0 spiro atoms. The Bertz CT molecular complexity index is 927. The summed E-state index contributed by atoms with van der Waals surface area (Å²) in [5.74, 6) is 0.880. The summed E-state index contributed by atoms with van der Waals surface area (Å²) in [7, 11) is 1.49. The fraction of sp³-hybridized carbons (Fsp3) is 0.400. The number of nitrogens with one attached hydrogen (secondary N) is 2. The van der Waals surface area contributed by atoms with Gasteiger partial charge in [-0.15, -0.1) is 0 Å². The number of methoxy groups -OCH3 is 2. The number of benzene rings is 1. The molecule has 2 rings (SSSR count). The van der Waals surface area contributed by atoms with Crippen LogP contribution in [0.4, 0.5) is 5.69 Å². The van der Waals surface area contributed by atoms with Crippen LogP contribution in [-0.4, -0.2) is 41.2 Å². The highest BCUT2D eigenvalue weighted by Crippen LogP contribution is 2.29. The fourth-order valence-electron chi connectivity index (χ4n) is 2.46. The number of anilines is 1. The fourth-order valence-corrected chi connectivity index (χ4v) is 3.48. The van der Waals surface area contributed by atoms with Gasteiger partial charge in [0.1, 0.15) is 5.25 Å². The number of pyridine rings is 1. The maximum atomic E-state index is 12.6. The van der Waals surface area contributed by atoms with Crippen LogP contribution in [0.2, 0.25) is 0 Å². The lowest BCUT2D eigenvalue weighted by atomic mass is 10.2. The Hall–Kier alpha value is -2.81. The smallest absolute Gasteiger partial charge is 0.239 e. The lowest BCUT2D eigenvalue weighted by Crippen LogP contribution is -2.30. The predicted octanol–water partition coefficient (Wildman–Crippen LogP) is 2.46. The van der Waals surface area contributed by atoms with Crippen molar-refractivity contribution >= 4 is 22.4 Å². The lowest BCUT2D eigenvalue weighted by molar-refractivity contribution is -0.115. The number of H-pyrrole nitrogens is 1. The first-order valence-electron chi connectivity index (χ1n) is 9.14. The third-order valence-electron chi connectivity index (χ3n) is 4.11. The van der Waals surface area contributed by atoms with Gasteiger partial charge in [-0.3, -0.25) is 13.8 Å². The number of hydrogen-bond acceptors (Lipinski definition) is 6. The highest BCUT2D eigenvalue weighted by atomic mass is 32.2. The van der Waals surface area contributed by atoms with Crippen molar-refractivity contribution in [2.75, 3.05) is 26.1 Å². The van der Waals surface area contributed by atoms with Crippen molar-refractivity contribution in [1.82, 2.24) is 4.98 Å². The lowest BCUT2D eigenvalue weighted by Gasteiger charge is -2.14. The van der Waals surface area contributed by atoms with E-state index < -0.39 is 22.0 Å². The summed E-state index contributed by atoms with van der Waals surface area (Å²) in [6.45, 7) is 3.96. The van der Waals surface area contributed by atoms with E-state index in [0.717, 1.165) is 6.42 Å². The van der Waals surface area contributed by atoms with Crippen LogP contribution in [0.1, 0.15) is 26.0 Å². The maximum absolute atomic E-state index is 12.6. The van der Waals surface area contributed by atoms with Crippen molar-refractivity contribution in [2.45, 2.75) is 31.3 Å². The summed E-state index contributed by atoms with van der Waals surface area (Å²) >= 11 is 0. The highest BCUT2D eigenvalue weighted by Gasteiger charge is 2.21. The van der Waals surface area contributed by atoms with Gasteiger partial charge >= 0.3 is 0 Å². The molecule has 158 valence electrons. The Morgan fingerprint density at radius 2 is 1.90 bits per heavy atom. The van der Waals surface area contributed by atoms with E-state index in [1.165, 1.54) is 26.5 Å². The van der Waals surface area contributed by atoms with E-state index in [-0.39, 0.29) is 16.9 Å². The summed E-state index contributed by atoms with van der Waals surface area (Å²) in [6.07, 6.45) is 2.25. The normalized spacial score (nSPS) is 12.7. The minimum Gasteiger partial charge on any atom is -0.493 e. The van der Waals surface area contributed by atoms with Gasteiger partial charge in [0.2, 0.25) is 11.3 Å². The molecule has 2 unspecified atom stereocenters. The average Bonchev–Trinajstić information content (AvgIpc) is 2.72. The molecule has 0 saturated carbocycles. The number of aromatic nitrogens is 1. The van der Waals surface area contributed by atoms with Crippen molar-refractivity contribution < 1.29 is 23.2 Å². The van der Waals surface area contributed by atoms with Gasteiger partial charge in [-0.2, -0.15) is 0 Å². The van der Waals surface area contributed by atoms with Gasteiger partial charge in [0.15, 0.2) is 17.2 Å². The Balaban J connectivity index is 2.01. The number of carbonyl (C=O) groups is 1. The molecule has 29 heavy (non-hydrogen) atoms. The zero-order valence-electron chi connectivity index (χ0n) is 16.9. The zero-order chi connectivity index (χ0) is 21.4. The van der Waals surface area contributed by atoms with E-state index in [0.29, 0.717) is 29.5 Å². The monoisotopic (exact) mass is 422 g/mol. The van der Waals surface area contributed by atoms with Gasteiger partial charge in [-0.25, -0.2) is 0 Å². The van der Waals surface area contributed by atoms with Crippen LogP contribution in [0.25, 0.3) is 0 Å². The second kappa shape index (κ2) is 10.7. The van der Waals surface area contributed by atoms with Gasteiger partial charge < -0.3 is 24.5 Å². The van der Waals surface area contributed by atoms with Gasteiger partial charge in [0.25, 0.3) is 0 Å². The van der Waals surface area contributed by atoms with Crippen LogP contribution in [-0.2, 0) is 21.3 Å². The summed E-state index contributed by atoms with van der Waals surface area (Å²) in [6, 6.07) is 6.31. The Kier molecular flexibility index (Phi) is 8.26. The molecule has 1 aromatic heterocycles. The first-order valence-corrected chi connectivity index (χ1v) is 10.5. The standard InChI is InChI=1S/C20H26N2O6S/c1-5-8-28-19-11-21-15(9-16(19)23)12-29(25)13(2)20(24)22-14-6-7-17(26-3)18(10-14)27-4/h6-7,9-11,13H,5,8,12H2,1-4H3,(H,21,23)(H,22,24). The number of amides is 1. The van der Waals surface area contributed by atoms with Crippen LogP contribution in [0.3, 0.4) is 0 Å². The molecule has 0 radical (unpaired) electrons. The van der Waals surface area contributed by atoms with E-state index in [1.807, 2.05) is 6.92 Å². The summed E-state index contributed by atoms with van der Waals surface area (Å²) in [5, 5.41) is 1.93. The molecular weight excluding hydrogens is 396 g/mol. The van der Waals surface area contributed by atoms with Crippen LogP contribution in [0.15, 0.2) is 35.3 Å². The second-order valence-corrected chi connectivity index (χ2v) is 8.02. The van der Waals surface area contributed by atoms with Crippen molar-refractivity contribution in [3.05, 3.63) is 46.4 Å². The van der Waals surface area contributed by atoms with Crippen molar-refractivity contribution in [3.63, 3.8) is 0 Å². The first kappa shape index (κ1) is 22.5. The molecular formula is C20H26N2O6S. The van der Waals surface area contributed by atoms with E-state index in [1.54, 1.807) is 25.1 Å². The minimum atomic E-state index is -1.53. The number of hydrogen-bond donors (Lipinski definition) is 2. The van der Waals surface area contributed by atoms with Gasteiger partial charge in [-0.1, -0.05) is 6.92 Å². The quantitative estimate of drug-likeness (QED) is 0.609. The van der Waals surface area contributed by atoms with Crippen LogP contribution >= 0.6 is 0 Å². The van der Waals surface area contributed by atoms with Crippen molar-refractivity contribution in [3.8, 4) is 17.2 Å². The van der Waals surface area contributed by atoms with E-state index in [9.17, 15) is 13.8 Å². The molecule has 0 aliphatic rings. The van der Waals surface area contributed by atoms with Gasteiger partial charge in [0.05, 0.1) is 26.6 Å². The topological polar surface area (TPSA) is 107 Å². The SMILES string of the molecule is CCCOc1c[nH]c(CS(=O)C(C)C(=O)Nc2ccc(OC)c(OC)c2)cc1=O. The molecule has 0 saturated heterocycles. The Morgan fingerprint density at radius 1 is 1.17 bits per heavy atom. The molecule has 9 heteroatoms. The Morgan fingerprint density at radius 3 is 2.52 bits per heavy atom. The summed E-state index contributed by atoms with van der Waals surface area (Å²) < 4.78 is 28.3. The molecule has 8 nitrogen and oxygen atoms in total. The van der Waals surface area contributed by atoms with Crippen molar-refractivity contribution in [2.24, 2.45) is 0 Å². The Labute approximate surface area is 172 Å². The second-order valence-electron chi connectivity index (χ2n) is 6.26. The largest absolute Gasteiger partial charge is 0.493 e. The number of ether oxygens (including phenoxy) is 3. The summed E-state index contributed by atoms with van der Waals surface area (Å²) in [4.78, 5) is 27.4. The van der Waals surface area contributed by atoms with Gasteiger partial charge in [-0.05, 0) is 25.5 Å². The molecule has 0 fully saturated rings. The molecule has 2 aromatic rings. The van der Waals surface area contributed by atoms with E-state index in [4.69, 9.17) is 14.2 Å². The molecule has 0 aliphatic carbocycles. The molecule has 1 heterocycles. The zero-order valence-corrected chi connectivity index (χ0v) is 17.8. The first-order chi connectivity index (χ1) is 13.9. The van der Waals surface area contributed by atoms with Gasteiger partial charge in [0, 0.05) is 40.5 Å².